The zero-order valence-corrected chi connectivity index (χ0v) is 12.3. The molecule has 0 radical (unpaired) electrons. The van der Waals surface area contributed by atoms with Crippen LogP contribution in [0.4, 0.5) is 0 Å². The maximum atomic E-state index is 5.03. The van der Waals surface area contributed by atoms with Crippen LogP contribution in [0.2, 0.25) is 0 Å². The van der Waals surface area contributed by atoms with Crippen LogP contribution in [-0.4, -0.2) is 35.0 Å². The molecule has 1 heterocycles. The van der Waals surface area contributed by atoms with E-state index in [1.165, 1.54) is 19.3 Å². The lowest BCUT2D eigenvalue weighted by molar-refractivity contribution is 0.192. The van der Waals surface area contributed by atoms with Gasteiger partial charge in [0.1, 0.15) is 12.2 Å². The molecule has 0 saturated heterocycles. The zero-order valence-electron chi connectivity index (χ0n) is 12.3. The van der Waals surface area contributed by atoms with E-state index in [4.69, 9.17) is 4.74 Å². The first-order valence-corrected chi connectivity index (χ1v) is 7.30. The van der Waals surface area contributed by atoms with Crippen molar-refractivity contribution in [3.8, 4) is 0 Å². The first-order chi connectivity index (χ1) is 9.22. The van der Waals surface area contributed by atoms with E-state index >= 15 is 0 Å². The van der Waals surface area contributed by atoms with Gasteiger partial charge in [0.15, 0.2) is 0 Å². The summed E-state index contributed by atoms with van der Waals surface area (Å²) >= 11 is 0. The predicted molar refractivity (Wildman–Crippen MR) is 74.8 cm³/mol. The maximum absolute atomic E-state index is 5.03. The summed E-state index contributed by atoms with van der Waals surface area (Å²) in [6.07, 6.45) is 5.41. The first-order valence-electron chi connectivity index (χ1n) is 7.30. The van der Waals surface area contributed by atoms with Crippen LogP contribution in [0.3, 0.4) is 0 Å². The molecule has 1 aromatic rings. The largest absolute Gasteiger partial charge is 0.383 e. The Labute approximate surface area is 115 Å². The lowest BCUT2D eigenvalue weighted by Crippen LogP contribution is -2.27. The number of hydrogen-bond acceptors (Lipinski definition) is 4. The third-order valence-corrected chi connectivity index (χ3v) is 4.33. The Morgan fingerprint density at radius 1 is 1.37 bits per heavy atom. The van der Waals surface area contributed by atoms with Crippen LogP contribution >= 0.6 is 0 Å². The summed E-state index contributed by atoms with van der Waals surface area (Å²) < 4.78 is 7.16. The Morgan fingerprint density at radius 2 is 2.21 bits per heavy atom. The van der Waals surface area contributed by atoms with Crippen LogP contribution in [0.1, 0.15) is 45.0 Å². The van der Waals surface area contributed by atoms with Gasteiger partial charge in [0, 0.05) is 13.7 Å². The summed E-state index contributed by atoms with van der Waals surface area (Å²) in [4.78, 5) is 4.38. The second-order valence-corrected chi connectivity index (χ2v) is 5.71. The minimum atomic E-state index is 0.521. The van der Waals surface area contributed by atoms with Crippen molar-refractivity contribution in [2.75, 3.05) is 20.3 Å². The summed E-state index contributed by atoms with van der Waals surface area (Å²) in [6.45, 7) is 7.05. The third-order valence-electron chi connectivity index (χ3n) is 4.33. The molecule has 19 heavy (non-hydrogen) atoms. The fraction of sp³-hybridized carbons (Fsp3) is 0.857. The fourth-order valence-corrected chi connectivity index (χ4v) is 2.82. The molecule has 108 valence electrons. The highest BCUT2D eigenvalue weighted by Crippen LogP contribution is 2.36. The Hall–Kier alpha value is -0.940. The van der Waals surface area contributed by atoms with Crippen molar-refractivity contribution in [2.45, 2.75) is 45.7 Å². The second-order valence-electron chi connectivity index (χ2n) is 5.71. The molecule has 1 aromatic heterocycles. The molecule has 0 aliphatic heterocycles. The zero-order chi connectivity index (χ0) is 13.7. The van der Waals surface area contributed by atoms with Gasteiger partial charge < -0.3 is 10.1 Å². The molecule has 1 N–H and O–H groups in total. The normalized spacial score (nSPS) is 27.6. The average Bonchev–Trinajstić information content (AvgIpc) is 2.86. The molecule has 3 atom stereocenters. The van der Waals surface area contributed by atoms with Crippen molar-refractivity contribution in [3.05, 3.63) is 12.2 Å². The lowest BCUT2D eigenvalue weighted by Gasteiger charge is -2.32. The minimum absolute atomic E-state index is 0.521. The molecule has 3 unspecified atom stereocenters. The molecule has 1 aliphatic rings. The average molecular weight is 266 g/mol. The van der Waals surface area contributed by atoms with Crippen molar-refractivity contribution in [2.24, 2.45) is 11.8 Å². The van der Waals surface area contributed by atoms with Crippen molar-refractivity contribution < 1.29 is 4.74 Å². The monoisotopic (exact) mass is 266 g/mol. The molecule has 1 fully saturated rings. The summed E-state index contributed by atoms with van der Waals surface area (Å²) in [5, 5.41) is 7.77. The van der Waals surface area contributed by atoms with Gasteiger partial charge in [-0.2, -0.15) is 5.10 Å². The molecule has 0 amide bonds. The quantitative estimate of drug-likeness (QED) is 0.800. The van der Waals surface area contributed by atoms with Crippen molar-refractivity contribution in [1.82, 2.24) is 20.1 Å². The number of hydrogen-bond donors (Lipinski definition) is 1. The highest BCUT2D eigenvalue weighted by Gasteiger charge is 2.27. The summed E-state index contributed by atoms with van der Waals surface area (Å²) in [7, 11) is 1.72. The van der Waals surface area contributed by atoms with E-state index in [0.717, 1.165) is 37.4 Å². The molecule has 5 heteroatoms. The van der Waals surface area contributed by atoms with E-state index in [0.29, 0.717) is 6.04 Å². The Kier molecular flexibility index (Phi) is 5.34. The van der Waals surface area contributed by atoms with Crippen LogP contribution in [0.15, 0.2) is 6.33 Å². The smallest absolute Gasteiger partial charge is 0.141 e. The van der Waals surface area contributed by atoms with Crippen LogP contribution < -0.4 is 5.32 Å². The number of methoxy groups -OCH3 is 1. The van der Waals surface area contributed by atoms with Gasteiger partial charge >= 0.3 is 0 Å². The standard InChI is InChI=1S/C14H26N4O/c1-11-4-5-13(8-12(11)2)18-14(16-10-17-18)9-15-6-7-19-3/h10-13,15H,4-9H2,1-3H3. The maximum Gasteiger partial charge on any atom is 0.141 e. The topological polar surface area (TPSA) is 52.0 Å². The number of ether oxygens (including phenoxy) is 1. The number of nitrogens with zero attached hydrogens (tertiary/aromatic N) is 3. The van der Waals surface area contributed by atoms with E-state index in [-0.39, 0.29) is 0 Å². The van der Waals surface area contributed by atoms with Gasteiger partial charge in [-0.3, -0.25) is 0 Å². The van der Waals surface area contributed by atoms with E-state index in [1.807, 2.05) is 0 Å². The van der Waals surface area contributed by atoms with Crippen LogP contribution in [0.25, 0.3) is 0 Å². The third kappa shape index (κ3) is 3.76. The molecule has 0 bridgehead atoms. The molecule has 0 aromatic carbocycles. The van der Waals surface area contributed by atoms with Crippen LogP contribution in [-0.2, 0) is 11.3 Å². The van der Waals surface area contributed by atoms with Crippen molar-refractivity contribution in [3.63, 3.8) is 0 Å². The van der Waals surface area contributed by atoms with Crippen molar-refractivity contribution >= 4 is 0 Å². The Morgan fingerprint density at radius 3 is 2.95 bits per heavy atom. The molecule has 1 saturated carbocycles. The number of aromatic nitrogens is 3. The molecule has 1 aliphatic carbocycles. The highest BCUT2D eigenvalue weighted by atomic mass is 16.5. The van der Waals surface area contributed by atoms with E-state index < -0.39 is 0 Å². The molecular weight excluding hydrogens is 240 g/mol. The summed E-state index contributed by atoms with van der Waals surface area (Å²) in [5.74, 6) is 2.66. The van der Waals surface area contributed by atoms with Gasteiger partial charge in [-0.05, 0) is 31.1 Å². The molecule has 0 spiro atoms. The fourth-order valence-electron chi connectivity index (χ4n) is 2.82. The van der Waals surface area contributed by atoms with Gasteiger partial charge in [-0.25, -0.2) is 9.67 Å². The van der Waals surface area contributed by atoms with Crippen LogP contribution in [0.5, 0.6) is 0 Å². The van der Waals surface area contributed by atoms with Gasteiger partial charge in [0.05, 0.1) is 19.2 Å². The highest BCUT2D eigenvalue weighted by molar-refractivity contribution is 4.90. The molecule has 5 nitrogen and oxygen atoms in total. The van der Waals surface area contributed by atoms with Gasteiger partial charge in [-0.15, -0.1) is 0 Å². The van der Waals surface area contributed by atoms with E-state index in [1.54, 1.807) is 13.4 Å². The lowest BCUT2D eigenvalue weighted by atomic mass is 9.79. The van der Waals surface area contributed by atoms with E-state index in [2.05, 4.69) is 33.9 Å². The van der Waals surface area contributed by atoms with E-state index in [9.17, 15) is 0 Å². The SMILES string of the molecule is COCCNCc1ncnn1C1CCC(C)C(C)C1. The Balaban J connectivity index is 1.91. The molecular formula is C14H26N4O. The second kappa shape index (κ2) is 7.01. The van der Waals surface area contributed by atoms with Gasteiger partial charge in [0.2, 0.25) is 0 Å². The number of rotatable bonds is 6. The summed E-state index contributed by atoms with van der Waals surface area (Å²) in [6, 6.07) is 0.521. The number of nitrogens with one attached hydrogen (secondary N) is 1. The van der Waals surface area contributed by atoms with Gasteiger partial charge in [0.25, 0.3) is 0 Å². The minimum Gasteiger partial charge on any atom is -0.383 e. The summed E-state index contributed by atoms with van der Waals surface area (Å²) in [5.41, 5.74) is 0. The van der Waals surface area contributed by atoms with Gasteiger partial charge in [-0.1, -0.05) is 13.8 Å². The first kappa shape index (κ1) is 14.5. The van der Waals surface area contributed by atoms with Crippen molar-refractivity contribution in [1.29, 1.82) is 0 Å². The Bertz CT molecular complexity index is 379. The van der Waals surface area contributed by atoms with Crippen LogP contribution in [0, 0.1) is 11.8 Å². The predicted octanol–water partition coefficient (Wildman–Crippen LogP) is 2.01. The molecule has 2 rings (SSSR count).